The average Bonchev–Trinajstić information content (AvgIpc) is 3.45. The van der Waals surface area contributed by atoms with Crippen molar-refractivity contribution in [3.05, 3.63) is 32.8 Å². The maximum Gasteiger partial charge on any atom is 0.256 e. The number of aromatic nitrogens is 2. The first-order chi connectivity index (χ1) is 16.0. The van der Waals surface area contributed by atoms with Crippen LogP contribution in [0.3, 0.4) is 0 Å². The van der Waals surface area contributed by atoms with Gasteiger partial charge in [0.2, 0.25) is 11.3 Å². The first kappa shape index (κ1) is 25.3. The molecule has 186 valence electrons. The Kier molecular flexibility index (Phi) is 7.20. The standard InChI is InChI=1S/C20H28N6O4S4/c1-12-5-6-14(32-12)16(20(2,3)4)23-18-17(24-33(28)25-18)22-13-11-31-19(15(13)27)34(29,30)26-9-7-21-8-10-26/h5-6,11,16,21,27H,7-10H2,1-4H3,(H,22,24)(H,23,25)/t16-,33?/m0/s1. The number of nitrogens with zero attached hydrogens (tertiary/aromatic N) is 3. The van der Waals surface area contributed by atoms with E-state index in [2.05, 4.69) is 40.2 Å². The van der Waals surface area contributed by atoms with Gasteiger partial charge in [-0.2, -0.15) is 4.31 Å². The van der Waals surface area contributed by atoms with Gasteiger partial charge in [-0.15, -0.1) is 27.0 Å². The van der Waals surface area contributed by atoms with Crippen molar-refractivity contribution in [2.45, 2.75) is 37.9 Å². The Labute approximate surface area is 209 Å². The highest BCUT2D eigenvalue weighted by molar-refractivity contribution is 7.91. The summed E-state index contributed by atoms with van der Waals surface area (Å²) in [5.41, 5.74) is 0.238. The van der Waals surface area contributed by atoms with Gasteiger partial charge in [-0.1, -0.05) is 20.8 Å². The van der Waals surface area contributed by atoms with Gasteiger partial charge in [0.25, 0.3) is 10.0 Å². The molecule has 1 unspecified atom stereocenters. The minimum atomic E-state index is -3.82. The maximum absolute atomic E-state index is 13.0. The molecule has 1 aliphatic rings. The van der Waals surface area contributed by atoms with Gasteiger partial charge in [-0.3, -0.25) is 4.99 Å². The molecule has 0 aliphatic carbocycles. The molecule has 0 radical (unpaired) electrons. The summed E-state index contributed by atoms with van der Waals surface area (Å²) >= 11 is 0.842. The van der Waals surface area contributed by atoms with Crippen molar-refractivity contribution in [1.82, 2.24) is 18.4 Å². The molecule has 1 saturated heterocycles. The molecule has 4 heterocycles. The number of aromatic hydroxyl groups is 1. The van der Waals surface area contributed by atoms with E-state index in [1.807, 2.05) is 19.1 Å². The summed E-state index contributed by atoms with van der Waals surface area (Å²) in [6.45, 7) is 10.0. The molecule has 0 aromatic carbocycles. The third-order valence-electron chi connectivity index (χ3n) is 5.33. The van der Waals surface area contributed by atoms with Crippen LogP contribution < -0.4 is 16.1 Å². The van der Waals surface area contributed by atoms with Gasteiger partial charge < -0.3 is 20.3 Å². The van der Waals surface area contributed by atoms with E-state index in [1.165, 1.54) is 14.6 Å². The average molecular weight is 545 g/mol. The van der Waals surface area contributed by atoms with Crippen LogP contribution in [0, 0.1) is 12.3 Å². The lowest BCUT2D eigenvalue weighted by atomic mass is 9.86. The fraction of sp³-hybridized carbons (Fsp3) is 0.500. The number of sulfonamides is 1. The molecule has 0 bridgehead atoms. The minimum absolute atomic E-state index is 0.135. The Morgan fingerprint density at radius 1 is 1.32 bits per heavy atom. The van der Waals surface area contributed by atoms with Crippen LogP contribution in [-0.4, -0.2) is 57.3 Å². The van der Waals surface area contributed by atoms with E-state index in [0.717, 1.165) is 16.2 Å². The topological polar surface area (TPSA) is 146 Å². The van der Waals surface area contributed by atoms with Crippen LogP contribution in [0.15, 0.2) is 26.7 Å². The second kappa shape index (κ2) is 9.68. The molecule has 1 aliphatic heterocycles. The molecule has 3 aromatic rings. The van der Waals surface area contributed by atoms with Gasteiger partial charge in [0.1, 0.15) is 0 Å². The van der Waals surface area contributed by atoms with Crippen molar-refractivity contribution in [3.8, 4) is 5.75 Å². The molecular weight excluding hydrogens is 517 g/mol. The first-order valence-electron chi connectivity index (χ1n) is 10.7. The summed E-state index contributed by atoms with van der Waals surface area (Å²) in [7, 11) is -3.82. The Morgan fingerprint density at radius 3 is 2.65 bits per heavy atom. The molecule has 3 aromatic heterocycles. The summed E-state index contributed by atoms with van der Waals surface area (Å²) in [5, 5.41) is 18.3. The molecule has 0 saturated carbocycles. The van der Waals surface area contributed by atoms with Crippen molar-refractivity contribution < 1.29 is 18.1 Å². The SMILES string of the molecule is Cc1ccc([C@H](N=c2[nH][s+]([O-])nc2Nc2csc(S(=O)(=O)N3CCNCC3)c2O)C(C)(C)C)s1. The van der Waals surface area contributed by atoms with Crippen LogP contribution >= 0.6 is 33.8 Å². The fourth-order valence-corrected chi connectivity index (χ4v) is 8.23. The van der Waals surface area contributed by atoms with E-state index < -0.39 is 21.2 Å². The smallest absolute Gasteiger partial charge is 0.256 e. The first-order valence-corrected chi connectivity index (χ1v) is 14.9. The molecule has 0 amide bonds. The third-order valence-corrected chi connectivity index (χ3v) is 10.5. The number of hydrogen-bond donors (Lipinski definition) is 4. The van der Waals surface area contributed by atoms with Crippen molar-refractivity contribution in [3.63, 3.8) is 0 Å². The number of anilines is 2. The monoisotopic (exact) mass is 544 g/mol. The highest BCUT2D eigenvalue weighted by atomic mass is 32.2. The number of hydrogen-bond acceptors (Lipinski definition) is 10. The zero-order valence-electron chi connectivity index (χ0n) is 19.3. The number of aryl methyl sites for hydroxylation is 1. The van der Waals surface area contributed by atoms with Crippen LogP contribution in [0.5, 0.6) is 5.75 Å². The molecule has 14 heteroatoms. The number of thiophene rings is 2. The number of H-pyrrole nitrogens is 1. The molecule has 10 nitrogen and oxygen atoms in total. The highest BCUT2D eigenvalue weighted by Gasteiger charge is 2.32. The zero-order valence-corrected chi connectivity index (χ0v) is 22.6. The molecular formula is C20H28N6O4S4. The van der Waals surface area contributed by atoms with E-state index >= 15 is 0 Å². The van der Waals surface area contributed by atoms with Gasteiger partial charge in [0.05, 0.1) is 11.7 Å². The van der Waals surface area contributed by atoms with E-state index in [1.54, 1.807) is 11.3 Å². The van der Waals surface area contributed by atoms with Crippen LogP contribution in [-0.2, 0) is 10.0 Å². The Bertz CT molecular complexity index is 1330. The molecule has 4 N–H and O–H groups in total. The Hall–Kier alpha value is -1.81. The number of nitrogens with one attached hydrogen (secondary N) is 3. The van der Waals surface area contributed by atoms with Gasteiger partial charge in [0.15, 0.2) is 21.1 Å². The van der Waals surface area contributed by atoms with Gasteiger partial charge in [0, 0.05) is 45.7 Å². The minimum Gasteiger partial charge on any atom is -0.548 e. The van der Waals surface area contributed by atoms with Gasteiger partial charge >= 0.3 is 0 Å². The predicted molar refractivity (Wildman–Crippen MR) is 135 cm³/mol. The molecule has 1 fully saturated rings. The lowest BCUT2D eigenvalue weighted by Crippen LogP contribution is -2.46. The van der Waals surface area contributed by atoms with Crippen molar-refractivity contribution in [1.29, 1.82) is 0 Å². The fourth-order valence-electron chi connectivity index (χ4n) is 3.60. The van der Waals surface area contributed by atoms with Crippen LogP contribution in [0.4, 0.5) is 11.5 Å². The molecule has 4 rings (SSSR count). The molecule has 34 heavy (non-hydrogen) atoms. The molecule has 0 spiro atoms. The van der Waals surface area contributed by atoms with E-state index in [-0.39, 0.29) is 32.9 Å². The molecule has 2 atom stereocenters. The van der Waals surface area contributed by atoms with E-state index in [4.69, 9.17) is 4.99 Å². The van der Waals surface area contributed by atoms with E-state index in [0.29, 0.717) is 31.7 Å². The predicted octanol–water partition coefficient (Wildman–Crippen LogP) is 3.30. The Morgan fingerprint density at radius 2 is 2.03 bits per heavy atom. The number of aromatic amines is 1. The van der Waals surface area contributed by atoms with Crippen LogP contribution in [0.1, 0.15) is 36.6 Å². The quantitative estimate of drug-likeness (QED) is 0.348. The van der Waals surface area contributed by atoms with Gasteiger partial charge in [-0.05, 0) is 24.5 Å². The summed E-state index contributed by atoms with van der Waals surface area (Å²) < 4.78 is 46.2. The zero-order chi connectivity index (χ0) is 24.7. The van der Waals surface area contributed by atoms with Crippen molar-refractivity contribution in [2.75, 3.05) is 31.5 Å². The summed E-state index contributed by atoms with van der Waals surface area (Å²) in [6.07, 6.45) is 0. The van der Waals surface area contributed by atoms with Crippen LogP contribution in [0.2, 0.25) is 0 Å². The largest absolute Gasteiger partial charge is 0.548 e. The number of piperazine rings is 1. The third kappa shape index (κ3) is 5.22. The lowest BCUT2D eigenvalue weighted by Gasteiger charge is -2.26. The highest BCUT2D eigenvalue weighted by Crippen LogP contribution is 2.41. The number of rotatable bonds is 6. The second-order valence-corrected chi connectivity index (χ2v) is 14.3. The van der Waals surface area contributed by atoms with E-state index in [9.17, 15) is 18.1 Å². The maximum atomic E-state index is 13.0. The summed E-state index contributed by atoms with van der Waals surface area (Å²) in [4.78, 5) is 7.07. The summed E-state index contributed by atoms with van der Waals surface area (Å²) in [6, 6.07) is 3.85. The van der Waals surface area contributed by atoms with Crippen molar-refractivity contribution in [2.24, 2.45) is 10.4 Å². The van der Waals surface area contributed by atoms with Gasteiger partial charge in [-0.25, -0.2) is 8.42 Å². The second-order valence-electron chi connectivity index (χ2n) is 9.05. The lowest BCUT2D eigenvalue weighted by molar-refractivity contribution is 0.327. The van der Waals surface area contributed by atoms with Crippen LogP contribution in [0.25, 0.3) is 0 Å². The van der Waals surface area contributed by atoms with Crippen molar-refractivity contribution >= 4 is 55.3 Å². The summed E-state index contributed by atoms with van der Waals surface area (Å²) in [5.74, 6) is -0.204. The normalized spacial score (nSPS) is 17.8. The Balaban J connectivity index is 1.68.